The van der Waals surface area contributed by atoms with Gasteiger partial charge in [0.25, 0.3) is 0 Å². The fraction of sp³-hybridized carbons (Fsp3) is 0.286. The van der Waals surface area contributed by atoms with Crippen LogP contribution in [0.5, 0.6) is 0 Å². The molecule has 6 heteroatoms. The summed E-state index contributed by atoms with van der Waals surface area (Å²) in [6.07, 6.45) is 3.76. The highest BCUT2D eigenvalue weighted by molar-refractivity contribution is 4.84. The van der Waals surface area contributed by atoms with Crippen LogP contribution in [0.25, 0.3) is 0 Å². The van der Waals surface area contributed by atoms with Crippen molar-refractivity contribution in [2.45, 2.75) is 12.7 Å². The zero-order valence-electron chi connectivity index (χ0n) is 7.00. The Bertz CT molecular complexity index is 322. The number of pyridine rings is 1. The molecule has 1 aromatic rings. The van der Waals surface area contributed by atoms with Crippen molar-refractivity contribution in [2.75, 3.05) is 0 Å². The molecule has 0 aromatic carbocycles. The van der Waals surface area contributed by atoms with E-state index in [1.807, 2.05) is 42.1 Å². The van der Waals surface area contributed by atoms with Gasteiger partial charge >= 0.3 is 5.79 Å². The quantitative estimate of drug-likeness (QED) is 0.535. The van der Waals surface area contributed by atoms with Crippen molar-refractivity contribution in [3.8, 4) is 0 Å². The Morgan fingerprint density at radius 1 is 1.00 bits per heavy atom. The van der Waals surface area contributed by atoms with Crippen LogP contribution in [0.15, 0.2) is 51.3 Å². The molecular formula is C7H8BrN5. The van der Waals surface area contributed by atoms with Gasteiger partial charge in [0.05, 0.1) is 6.92 Å². The SMILES string of the molecule is CC1([n+]2ccccc2)N=NN=N1.[Br-]. The standard InChI is InChI=1S/C7H8N5.BrH/c1-7(8-10-11-9-7)12-5-3-2-4-6-12;/h2-6H,1H3;1H/q+1;/p-1. The number of rotatable bonds is 1. The molecule has 0 saturated heterocycles. The maximum absolute atomic E-state index is 3.89. The molecule has 0 atom stereocenters. The summed E-state index contributed by atoms with van der Waals surface area (Å²) < 4.78 is 1.84. The second kappa shape index (κ2) is 3.69. The maximum atomic E-state index is 3.89. The minimum Gasteiger partial charge on any atom is -1.00 e. The van der Waals surface area contributed by atoms with E-state index in [0.29, 0.717) is 0 Å². The molecular weight excluding hydrogens is 234 g/mol. The summed E-state index contributed by atoms with van der Waals surface area (Å²) in [5, 5.41) is 14.7. The van der Waals surface area contributed by atoms with Crippen LogP contribution in [-0.2, 0) is 5.79 Å². The molecule has 0 radical (unpaired) electrons. The fourth-order valence-corrected chi connectivity index (χ4v) is 1.01. The van der Waals surface area contributed by atoms with Crippen LogP contribution in [-0.4, -0.2) is 0 Å². The van der Waals surface area contributed by atoms with Crippen LogP contribution >= 0.6 is 0 Å². The molecule has 2 heterocycles. The molecule has 0 spiro atoms. The van der Waals surface area contributed by atoms with Crippen LogP contribution in [0.1, 0.15) is 6.92 Å². The third-order valence-electron chi connectivity index (χ3n) is 1.71. The van der Waals surface area contributed by atoms with Crippen molar-refractivity contribution in [1.29, 1.82) is 0 Å². The van der Waals surface area contributed by atoms with Gasteiger partial charge in [0.15, 0.2) is 12.4 Å². The molecule has 0 unspecified atom stereocenters. The summed E-state index contributed by atoms with van der Waals surface area (Å²) in [4.78, 5) is 0. The zero-order valence-corrected chi connectivity index (χ0v) is 8.59. The molecule has 2 rings (SSSR count). The highest BCUT2D eigenvalue weighted by atomic mass is 79.9. The van der Waals surface area contributed by atoms with Gasteiger partial charge in [0.1, 0.15) is 0 Å². The first-order valence-electron chi connectivity index (χ1n) is 3.62. The first-order valence-corrected chi connectivity index (χ1v) is 3.62. The Labute approximate surface area is 86.0 Å². The van der Waals surface area contributed by atoms with E-state index < -0.39 is 5.79 Å². The van der Waals surface area contributed by atoms with Crippen molar-refractivity contribution in [3.63, 3.8) is 0 Å². The lowest BCUT2D eigenvalue weighted by Crippen LogP contribution is -3.00. The summed E-state index contributed by atoms with van der Waals surface area (Å²) in [6.45, 7) is 1.84. The van der Waals surface area contributed by atoms with Gasteiger partial charge in [-0.25, -0.2) is 0 Å². The van der Waals surface area contributed by atoms with E-state index in [-0.39, 0.29) is 17.0 Å². The molecule has 13 heavy (non-hydrogen) atoms. The third-order valence-corrected chi connectivity index (χ3v) is 1.71. The smallest absolute Gasteiger partial charge is 0.395 e. The van der Waals surface area contributed by atoms with Gasteiger partial charge in [-0.05, 0) is 10.4 Å². The summed E-state index contributed by atoms with van der Waals surface area (Å²) >= 11 is 0. The topological polar surface area (TPSA) is 53.3 Å². The van der Waals surface area contributed by atoms with Gasteiger partial charge in [0.2, 0.25) is 0 Å². The predicted octanol–water partition coefficient (Wildman–Crippen LogP) is -1.56. The van der Waals surface area contributed by atoms with Gasteiger partial charge in [-0.15, -0.1) is 0 Å². The van der Waals surface area contributed by atoms with Gasteiger partial charge < -0.3 is 17.0 Å². The minimum atomic E-state index is -0.679. The minimum absolute atomic E-state index is 0. The summed E-state index contributed by atoms with van der Waals surface area (Å²) in [5.74, 6) is -0.679. The average molecular weight is 242 g/mol. The van der Waals surface area contributed by atoms with Crippen molar-refractivity contribution >= 4 is 0 Å². The van der Waals surface area contributed by atoms with Gasteiger partial charge in [0, 0.05) is 12.1 Å². The number of nitrogens with zero attached hydrogens (tertiary/aromatic N) is 5. The van der Waals surface area contributed by atoms with Gasteiger partial charge in [-0.1, -0.05) is 16.3 Å². The molecule has 1 aromatic heterocycles. The normalized spacial score (nSPS) is 17.0. The Kier molecular flexibility index (Phi) is 2.82. The Hall–Kier alpha value is -1.17. The summed E-state index contributed by atoms with van der Waals surface area (Å²) in [5.41, 5.74) is 0. The number of halogens is 1. The second-order valence-corrected chi connectivity index (χ2v) is 2.63. The largest absolute Gasteiger partial charge is 1.00 e. The Morgan fingerprint density at radius 3 is 2.08 bits per heavy atom. The monoisotopic (exact) mass is 241 g/mol. The highest BCUT2D eigenvalue weighted by Gasteiger charge is 2.36. The van der Waals surface area contributed by atoms with E-state index >= 15 is 0 Å². The molecule has 0 bridgehead atoms. The molecule has 1 aliphatic heterocycles. The molecule has 0 N–H and O–H groups in total. The van der Waals surface area contributed by atoms with E-state index in [1.54, 1.807) is 0 Å². The lowest BCUT2D eigenvalue weighted by Gasteiger charge is -2.05. The first kappa shape index (κ1) is 9.91. The lowest BCUT2D eigenvalue weighted by molar-refractivity contribution is -0.759. The van der Waals surface area contributed by atoms with Crippen LogP contribution in [0.4, 0.5) is 0 Å². The second-order valence-electron chi connectivity index (χ2n) is 2.63. The zero-order chi connectivity index (χ0) is 8.44. The lowest BCUT2D eigenvalue weighted by atomic mass is 10.4. The van der Waals surface area contributed by atoms with Crippen molar-refractivity contribution < 1.29 is 21.5 Å². The first-order chi connectivity index (χ1) is 5.81. The highest BCUT2D eigenvalue weighted by Crippen LogP contribution is 2.17. The summed E-state index contributed by atoms with van der Waals surface area (Å²) in [7, 11) is 0. The number of aromatic nitrogens is 1. The van der Waals surface area contributed by atoms with E-state index in [4.69, 9.17) is 0 Å². The molecule has 0 amide bonds. The van der Waals surface area contributed by atoms with Crippen LogP contribution in [0.2, 0.25) is 0 Å². The van der Waals surface area contributed by atoms with Gasteiger partial charge in [-0.3, -0.25) is 0 Å². The maximum Gasteiger partial charge on any atom is 0.395 e. The molecule has 5 nitrogen and oxygen atoms in total. The fourth-order valence-electron chi connectivity index (χ4n) is 1.01. The molecule has 68 valence electrons. The molecule has 0 saturated carbocycles. The van der Waals surface area contributed by atoms with Crippen LogP contribution in [0.3, 0.4) is 0 Å². The third kappa shape index (κ3) is 1.77. The molecule has 0 aliphatic carbocycles. The molecule has 0 fully saturated rings. The van der Waals surface area contributed by atoms with Crippen molar-refractivity contribution in [2.24, 2.45) is 20.7 Å². The van der Waals surface area contributed by atoms with E-state index in [2.05, 4.69) is 20.7 Å². The Balaban J connectivity index is 0.000000845. The molecule has 1 aliphatic rings. The van der Waals surface area contributed by atoms with E-state index in [9.17, 15) is 0 Å². The van der Waals surface area contributed by atoms with Crippen LogP contribution < -0.4 is 21.5 Å². The number of hydrogen-bond acceptors (Lipinski definition) is 4. The average Bonchev–Trinajstić information content (AvgIpc) is 2.55. The van der Waals surface area contributed by atoms with Crippen LogP contribution in [0, 0.1) is 0 Å². The van der Waals surface area contributed by atoms with Crippen molar-refractivity contribution in [1.82, 2.24) is 0 Å². The predicted molar refractivity (Wildman–Crippen MR) is 40.0 cm³/mol. The van der Waals surface area contributed by atoms with E-state index in [1.165, 1.54) is 0 Å². The van der Waals surface area contributed by atoms with Crippen molar-refractivity contribution in [3.05, 3.63) is 30.6 Å². The van der Waals surface area contributed by atoms with Gasteiger partial charge in [-0.2, -0.15) is 4.57 Å². The van der Waals surface area contributed by atoms with E-state index in [0.717, 1.165) is 0 Å². The summed E-state index contributed by atoms with van der Waals surface area (Å²) in [6, 6.07) is 5.76. The Morgan fingerprint density at radius 2 is 1.54 bits per heavy atom. The number of hydrogen-bond donors (Lipinski definition) is 0.